The van der Waals surface area contributed by atoms with Crippen LogP contribution in [-0.2, 0) is 22.1 Å². The second-order valence-corrected chi connectivity index (χ2v) is 9.68. The molecule has 0 fully saturated rings. The Morgan fingerprint density at radius 3 is 2.47 bits per heavy atom. The van der Waals surface area contributed by atoms with Crippen molar-refractivity contribution in [1.29, 1.82) is 0 Å². The van der Waals surface area contributed by atoms with E-state index in [1.54, 1.807) is 44.6 Å². The molecule has 0 spiro atoms. The Labute approximate surface area is 219 Å². The van der Waals surface area contributed by atoms with Crippen LogP contribution in [0.5, 0.6) is 11.5 Å². The summed E-state index contributed by atoms with van der Waals surface area (Å²) >= 11 is 0. The van der Waals surface area contributed by atoms with Crippen LogP contribution >= 0.6 is 0 Å². The van der Waals surface area contributed by atoms with Crippen LogP contribution in [-0.4, -0.2) is 56.6 Å². The van der Waals surface area contributed by atoms with Crippen LogP contribution in [0.1, 0.15) is 25.0 Å². The van der Waals surface area contributed by atoms with E-state index in [4.69, 9.17) is 23.9 Å². The molecule has 3 heterocycles. The number of nitrogens with one attached hydrogen (secondary N) is 1. The second-order valence-electron chi connectivity index (χ2n) is 9.68. The normalized spacial score (nSPS) is 21.5. The maximum absolute atomic E-state index is 14.4. The van der Waals surface area contributed by atoms with Crippen molar-refractivity contribution in [2.45, 2.75) is 44.8 Å². The third-order valence-electron chi connectivity index (χ3n) is 6.93. The van der Waals surface area contributed by atoms with Crippen LogP contribution in [0.15, 0.2) is 47.6 Å². The highest BCUT2D eigenvalue weighted by Gasteiger charge is 2.39. The lowest BCUT2D eigenvalue weighted by molar-refractivity contribution is -0.136. The van der Waals surface area contributed by atoms with Crippen LogP contribution in [0, 0.1) is 5.92 Å². The van der Waals surface area contributed by atoms with Crippen LogP contribution in [0.4, 0.5) is 13.2 Å². The van der Waals surface area contributed by atoms with E-state index >= 15 is 0 Å². The zero-order valence-electron chi connectivity index (χ0n) is 21.6. The average molecular weight is 530 g/mol. The van der Waals surface area contributed by atoms with Gasteiger partial charge < -0.3 is 18.9 Å². The zero-order valence-corrected chi connectivity index (χ0v) is 21.6. The minimum Gasteiger partial charge on any atom is -0.486 e. The molecule has 5 rings (SSSR count). The Hall–Kier alpha value is -3.37. The number of aromatic nitrogens is 1. The first-order chi connectivity index (χ1) is 18.2. The van der Waals surface area contributed by atoms with Crippen molar-refractivity contribution < 1.29 is 32.1 Å². The number of alkyl halides is 3. The molecule has 1 unspecified atom stereocenters. The molecule has 0 radical (unpaired) electrons. The zero-order chi connectivity index (χ0) is 27.0. The summed E-state index contributed by atoms with van der Waals surface area (Å²) in [6.45, 7) is 4.62. The first-order valence-electron chi connectivity index (χ1n) is 12.5. The van der Waals surface area contributed by atoms with E-state index in [0.717, 1.165) is 5.56 Å². The van der Waals surface area contributed by atoms with Gasteiger partial charge in [-0.2, -0.15) is 13.2 Å². The molecule has 2 aromatic carbocycles. The first kappa shape index (κ1) is 26.2. The van der Waals surface area contributed by atoms with E-state index in [1.165, 1.54) is 12.3 Å². The number of halogens is 3. The van der Waals surface area contributed by atoms with Gasteiger partial charge in [-0.3, -0.25) is 10.3 Å². The molecular weight excluding hydrogens is 499 g/mol. The molecule has 38 heavy (non-hydrogen) atoms. The summed E-state index contributed by atoms with van der Waals surface area (Å²) in [5.74, 6) is 1.40. The molecule has 1 N–H and O–H groups in total. The van der Waals surface area contributed by atoms with E-state index in [9.17, 15) is 13.2 Å². The Morgan fingerprint density at radius 1 is 1.05 bits per heavy atom. The molecule has 202 valence electrons. The number of hydrogen-bond donors (Lipinski definition) is 1. The molecule has 3 aromatic rings. The van der Waals surface area contributed by atoms with Crippen molar-refractivity contribution in [1.82, 2.24) is 10.3 Å². The summed E-state index contributed by atoms with van der Waals surface area (Å²) in [4.78, 5) is 9.02. The van der Waals surface area contributed by atoms with Crippen LogP contribution in [0.3, 0.4) is 0 Å². The maximum atomic E-state index is 14.4. The van der Waals surface area contributed by atoms with Crippen molar-refractivity contribution >= 4 is 16.7 Å². The predicted molar refractivity (Wildman–Crippen MR) is 138 cm³/mol. The molecular formula is C28H30F3N3O4. The van der Waals surface area contributed by atoms with Crippen molar-refractivity contribution in [3.8, 4) is 22.8 Å². The van der Waals surface area contributed by atoms with Gasteiger partial charge in [0.1, 0.15) is 19.4 Å². The summed E-state index contributed by atoms with van der Waals surface area (Å²) in [6, 6.07) is 9.26. The van der Waals surface area contributed by atoms with Crippen molar-refractivity contribution in [3.63, 3.8) is 0 Å². The van der Waals surface area contributed by atoms with Crippen molar-refractivity contribution in [2.24, 2.45) is 10.9 Å². The Bertz CT molecular complexity index is 1360. The molecule has 0 amide bonds. The maximum Gasteiger partial charge on any atom is 0.419 e. The number of aliphatic imine (C=N–C) groups is 1. The van der Waals surface area contributed by atoms with E-state index < -0.39 is 11.7 Å². The quantitative estimate of drug-likeness (QED) is 0.487. The topological polar surface area (TPSA) is 74.2 Å². The summed E-state index contributed by atoms with van der Waals surface area (Å²) in [6.07, 6.45) is -3.09. The molecule has 0 saturated carbocycles. The smallest absolute Gasteiger partial charge is 0.419 e. The highest BCUT2D eigenvalue weighted by atomic mass is 19.4. The molecule has 0 saturated heterocycles. The van der Waals surface area contributed by atoms with Gasteiger partial charge >= 0.3 is 6.18 Å². The molecule has 10 heteroatoms. The summed E-state index contributed by atoms with van der Waals surface area (Å²) in [7, 11) is 3.19. The number of pyridine rings is 1. The van der Waals surface area contributed by atoms with Crippen LogP contribution in [0.25, 0.3) is 22.0 Å². The Balaban J connectivity index is 1.59. The van der Waals surface area contributed by atoms with E-state index in [-0.39, 0.29) is 59.8 Å². The Kier molecular flexibility index (Phi) is 7.19. The third kappa shape index (κ3) is 4.78. The highest BCUT2D eigenvalue weighted by molar-refractivity contribution is 5.92. The fourth-order valence-corrected chi connectivity index (χ4v) is 5.13. The predicted octanol–water partition coefficient (Wildman–Crippen LogP) is 5.25. The fourth-order valence-electron chi connectivity index (χ4n) is 5.13. The standard InChI is InChI=1S/C28H30F3N3O4/c1-15(2)22-27(36-4)33-20(26(34-22)35-3)13-16-9-10-19(25-24(16)37-11-12-38-25)23-21(28(29,30)31)18-8-6-5-7-17(18)14-32-23/h5-10,14-15,20,22,27,33H,11-13H2,1-4H3/t20-,22+,27?/m0/s1. The average Bonchev–Trinajstić information content (AvgIpc) is 2.91. The van der Waals surface area contributed by atoms with Crippen molar-refractivity contribution in [2.75, 3.05) is 27.4 Å². The number of rotatable bonds is 5. The first-order valence-corrected chi connectivity index (χ1v) is 12.5. The molecule has 0 aliphatic carbocycles. The van der Waals surface area contributed by atoms with Gasteiger partial charge in [0.25, 0.3) is 0 Å². The second kappa shape index (κ2) is 10.4. The lowest BCUT2D eigenvalue weighted by Gasteiger charge is -2.36. The van der Waals surface area contributed by atoms with E-state index in [2.05, 4.69) is 24.1 Å². The third-order valence-corrected chi connectivity index (χ3v) is 6.93. The number of hydrogen-bond acceptors (Lipinski definition) is 7. The summed E-state index contributed by atoms with van der Waals surface area (Å²) in [5.41, 5.74) is -0.0184. The lowest BCUT2D eigenvalue weighted by Crippen LogP contribution is -2.56. The summed E-state index contributed by atoms with van der Waals surface area (Å²) < 4.78 is 66.3. The largest absolute Gasteiger partial charge is 0.486 e. The van der Waals surface area contributed by atoms with Crippen LogP contribution in [0.2, 0.25) is 0 Å². The van der Waals surface area contributed by atoms with Gasteiger partial charge in [-0.25, -0.2) is 4.99 Å². The fraction of sp³-hybridized carbons (Fsp3) is 0.429. The number of methoxy groups -OCH3 is 2. The molecule has 1 aromatic heterocycles. The minimum atomic E-state index is -4.62. The van der Waals surface area contributed by atoms with Gasteiger partial charge in [-0.05, 0) is 17.4 Å². The number of benzene rings is 2. The summed E-state index contributed by atoms with van der Waals surface area (Å²) in [5, 5.41) is 3.94. The lowest BCUT2D eigenvalue weighted by atomic mass is 9.94. The van der Waals surface area contributed by atoms with Crippen molar-refractivity contribution in [3.05, 3.63) is 53.7 Å². The van der Waals surface area contributed by atoms with Gasteiger partial charge in [-0.1, -0.05) is 44.2 Å². The van der Waals surface area contributed by atoms with Gasteiger partial charge in [-0.15, -0.1) is 0 Å². The molecule has 3 atom stereocenters. The molecule has 2 aliphatic heterocycles. The van der Waals surface area contributed by atoms with E-state index in [1.807, 2.05) is 0 Å². The monoisotopic (exact) mass is 529 g/mol. The molecule has 7 nitrogen and oxygen atoms in total. The Morgan fingerprint density at radius 2 is 1.79 bits per heavy atom. The van der Waals surface area contributed by atoms with Crippen LogP contribution < -0.4 is 14.8 Å². The number of ether oxygens (including phenoxy) is 4. The molecule has 0 bridgehead atoms. The number of nitrogens with zero attached hydrogens (tertiary/aromatic N) is 2. The minimum absolute atomic E-state index is 0.0808. The highest BCUT2D eigenvalue weighted by Crippen LogP contribution is 2.47. The van der Waals surface area contributed by atoms with Gasteiger partial charge in [0, 0.05) is 36.2 Å². The SMILES string of the molecule is COC1=N[C@H](C(C)C)C(OC)N[C@H]1Cc1ccc(-c2ncc3ccccc3c2C(F)(F)F)c2c1OCCO2. The molecule has 2 aliphatic rings. The van der Waals surface area contributed by atoms with E-state index in [0.29, 0.717) is 23.5 Å². The van der Waals surface area contributed by atoms with Gasteiger partial charge in [0.2, 0.25) is 5.90 Å². The van der Waals surface area contributed by atoms with Gasteiger partial charge in [0.05, 0.1) is 30.5 Å². The van der Waals surface area contributed by atoms with Gasteiger partial charge in [0.15, 0.2) is 11.5 Å². The number of fused-ring (bicyclic) bond motifs is 2.